The van der Waals surface area contributed by atoms with Crippen molar-refractivity contribution in [3.8, 4) is 0 Å². The second-order valence-electron chi connectivity index (χ2n) is 6.31. The van der Waals surface area contributed by atoms with Gasteiger partial charge in [0.05, 0.1) is 6.61 Å². The molecule has 0 aromatic carbocycles. The molecule has 4 nitrogen and oxygen atoms in total. The summed E-state index contributed by atoms with van der Waals surface area (Å²) in [4.78, 5) is 14.8. The predicted molar refractivity (Wildman–Crippen MR) is 87.5 cm³/mol. The van der Waals surface area contributed by atoms with Gasteiger partial charge in [-0.1, -0.05) is 26.7 Å². The zero-order chi connectivity index (χ0) is 15.7. The maximum atomic E-state index is 12.4. The maximum absolute atomic E-state index is 12.4. The van der Waals surface area contributed by atoms with Gasteiger partial charge in [0.15, 0.2) is 0 Å². The molecule has 2 atom stereocenters. The molecule has 1 N–H and O–H groups in total. The van der Waals surface area contributed by atoms with Crippen LogP contribution in [-0.2, 0) is 9.53 Å². The highest BCUT2D eigenvalue weighted by Crippen LogP contribution is 2.34. The molecule has 21 heavy (non-hydrogen) atoms. The second kappa shape index (κ2) is 9.42. The van der Waals surface area contributed by atoms with Crippen molar-refractivity contribution in [2.75, 3.05) is 26.7 Å². The number of rotatable bonds is 10. The molecule has 1 aliphatic rings. The van der Waals surface area contributed by atoms with E-state index in [2.05, 4.69) is 31.1 Å². The molecule has 4 heteroatoms. The van der Waals surface area contributed by atoms with Gasteiger partial charge >= 0.3 is 5.97 Å². The first kappa shape index (κ1) is 18.4. The van der Waals surface area contributed by atoms with Crippen molar-refractivity contribution in [1.29, 1.82) is 0 Å². The fraction of sp³-hybridized carbons (Fsp3) is 0.941. The molecule has 124 valence electrons. The average molecular weight is 298 g/mol. The molecule has 0 aromatic rings. The minimum Gasteiger partial charge on any atom is -0.465 e. The van der Waals surface area contributed by atoms with Gasteiger partial charge in [-0.15, -0.1) is 0 Å². The van der Waals surface area contributed by atoms with Crippen LogP contribution >= 0.6 is 0 Å². The van der Waals surface area contributed by atoms with Crippen LogP contribution in [0.15, 0.2) is 0 Å². The maximum Gasteiger partial charge on any atom is 0.326 e. The molecule has 0 aliphatic heterocycles. The van der Waals surface area contributed by atoms with E-state index in [9.17, 15) is 4.79 Å². The number of nitrogens with zero attached hydrogens (tertiary/aromatic N) is 1. The molecule has 0 aromatic heterocycles. The van der Waals surface area contributed by atoms with Gasteiger partial charge in [-0.25, -0.2) is 0 Å². The van der Waals surface area contributed by atoms with Crippen LogP contribution in [0.1, 0.15) is 65.7 Å². The number of hydrogen-bond donors (Lipinski definition) is 1. The first-order valence-corrected chi connectivity index (χ1v) is 8.72. The van der Waals surface area contributed by atoms with Crippen molar-refractivity contribution >= 4 is 5.97 Å². The number of esters is 1. The topological polar surface area (TPSA) is 41.6 Å². The molecule has 1 fully saturated rings. The van der Waals surface area contributed by atoms with E-state index >= 15 is 0 Å². The molecular formula is C17H34N2O2. The van der Waals surface area contributed by atoms with E-state index in [1.165, 1.54) is 19.3 Å². The number of nitrogens with one attached hydrogen (secondary N) is 1. The van der Waals surface area contributed by atoms with E-state index in [0.717, 1.165) is 38.8 Å². The van der Waals surface area contributed by atoms with E-state index in [0.29, 0.717) is 12.6 Å². The standard InChI is InChI=1S/C17H34N2O2/c1-5-8-9-13-19(4)15-10-11-17(14-15,18-12-6-2)16(20)21-7-3/h15,18H,5-14H2,1-4H3. The molecular weight excluding hydrogens is 264 g/mol. The Hall–Kier alpha value is -0.610. The number of carbonyl (C=O) groups is 1. The molecule has 0 spiro atoms. The number of hydrogen-bond acceptors (Lipinski definition) is 4. The van der Waals surface area contributed by atoms with Gasteiger partial charge in [-0.05, 0) is 59.2 Å². The van der Waals surface area contributed by atoms with Crippen molar-refractivity contribution in [3.63, 3.8) is 0 Å². The van der Waals surface area contributed by atoms with Crippen LogP contribution in [0.5, 0.6) is 0 Å². The Balaban J connectivity index is 2.60. The summed E-state index contributed by atoms with van der Waals surface area (Å²) in [5.41, 5.74) is -0.449. The fourth-order valence-electron chi connectivity index (χ4n) is 3.24. The Bertz CT molecular complexity index is 309. The van der Waals surface area contributed by atoms with Crippen LogP contribution < -0.4 is 5.32 Å². The lowest BCUT2D eigenvalue weighted by Gasteiger charge is -2.30. The highest BCUT2D eigenvalue weighted by molar-refractivity contribution is 5.81. The summed E-state index contributed by atoms with van der Waals surface area (Å²) in [5, 5.41) is 3.48. The molecule has 0 radical (unpaired) electrons. The minimum atomic E-state index is -0.449. The van der Waals surface area contributed by atoms with Gasteiger partial charge < -0.3 is 15.0 Å². The summed E-state index contributed by atoms with van der Waals surface area (Å²) >= 11 is 0. The lowest BCUT2D eigenvalue weighted by molar-refractivity contribution is -0.151. The third-order valence-electron chi connectivity index (χ3n) is 4.61. The minimum absolute atomic E-state index is 0.0529. The Morgan fingerprint density at radius 1 is 1.29 bits per heavy atom. The Morgan fingerprint density at radius 3 is 2.67 bits per heavy atom. The van der Waals surface area contributed by atoms with Gasteiger partial charge in [-0.3, -0.25) is 4.79 Å². The van der Waals surface area contributed by atoms with Crippen molar-refractivity contribution in [1.82, 2.24) is 10.2 Å². The molecule has 0 saturated heterocycles. The quantitative estimate of drug-likeness (QED) is 0.497. The average Bonchev–Trinajstić information content (AvgIpc) is 2.91. The van der Waals surface area contributed by atoms with Crippen molar-refractivity contribution < 1.29 is 9.53 Å². The van der Waals surface area contributed by atoms with Gasteiger partial charge in [0.25, 0.3) is 0 Å². The Morgan fingerprint density at radius 2 is 2.05 bits per heavy atom. The zero-order valence-corrected chi connectivity index (χ0v) is 14.4. The summed E-state index contributed by atoms with van der Waals surface area (Å²) in [6, 6.07) is 0.496. The largest absolute Gasteiger partial charge is 0.465 e. The fourth-order valence-corrected chi connectivity index (χ4v) is 3.24. The Labute approximate surface area is 130 Å². The number of ether oxygens (including phenoxy) is 1. The summed E-state index contributed by atoms with van der Waals surface area (Å²) in [6.45, 7) is 8.72. The highest BCUT2D eigenvalue weighted by Gasteiger charge is 2.46. The predicted octanol–water partition coefficient (Wildman–Crippen LogP) is 2.96. The smallest absolute Gasteiger partial charge is 0.326 e. The first-order chi connectivity index (χ1) is 10.1. The summed E-state index contributed by atoms with van der Waals surface area (Å²) in [5.74, 6) is -0.0529. The Kier molecular flexibility index (Phi) is 8.27. The molecule has 2 unspecified atom stereocenters. The van der Waals surface area contributed by atoms with Gasteiger partial charge in [-0.2, -0.15) is 0 Å². The SMILES string of the molecule is CCCCCN(C)C1CCC(NCCC)(C(=O)OCC)C1. The number of carbonyl (C=O) groups excluding carboxylic acids is 1. The van der Waals surface area contributed by atoms with Gasteiger partial charge in [0.2, 0.25) is 0 Å². The molecule has 0 heterocycles. The summed E-state index contributed by atoms with van der Waals surface area (Å²) in [7, 11) is 2.20. The summed E-state index contributed by atoms with van der Waals surface area (Å²) in [6.07, 6.45) is 7.69. The highest BCUT2D eigenvalue weighted by atomic mass is 16.5. The van der Waals surface area contributed by atoms with Gasteiger partial charge in [0, 0.05) is 6.04 Å². The van der Waals surface area contributed by atoms with Crippen LogP contribution in [-0.4, -0.2) is 49.2 Å². The number of unbranched alkanes of at least 4 members (excludes halogenated alkanes) is 2. The second-order valence-corrected chi connectivity index (χ2v) is 6.31. The molecule has 1 aliphatic carbocycles. The van der Waals surface area contributed by atoms with Crippen molar-refractivity contribution in [3.05, 3.63) is 0 Å². The lowest BCUT2D eigenvalue weighted by atomic mass is 9.97. The monoisotopic (exact) mass is 298 g/mol. The van der Waals surface area contributed by atoms with Crippen molar-refractivity contribution in [2.24, 2.45) is 0 Å². The van der Waals surface area contributed by atoms with E-state index in [4.69, 9.17) is 4.74 Å². The summed E-state index contributed by atoms with van der Waals surface area (Å²) < 4.78 is 5.33. The van der Waals surface area contributed by atoms with Crippen molar-refractivity contribution in [2.45, 2.75) is 77.3 Å². The van der Waals surface area contributed by atoms with Crippen LogP contribution in [0.25, 0.3) is 0 Å². The van der Waals surface area contributed by atoms with Gasteiger partial charge in [0.1, 0.15) is 5.54 Å². The normalized spacial score (nSPS) is 25.5. The molecule has 0 amide bonds. The molecule has 1 saturated carbocycles. The van der Waals surface area contributed by atoms with E-state index in [-0.39, 0.29) is 5.97 Å². The van der Waals surface area contributed by atoms with E-state index in [1.807, 2.05) is 6.92 Å². The van der Waals surface area contributed by atoms with Crippen LogP contribution in [0, 0.1) is 0 Å². The lowest BCUT2D eigenvalue weighted by Crippen LogP contribution is -2.52. The van der Waals surface area contributed by atoms with Crippen LogP contribution in [0.3, 0.4) is 0 Å². The molecule has 0 bridgehead atoms. The van der Waals surface area contributed by atoms with Crippen LogP contribution in [0.2, 0.25) is 0 Å². The third kappa shape index (κ3) is 5.26. The zero-order valence-electron chi connectivity index (χ0n) is 14.4. The van der Waals surface area contributed by atoms with E-state index < -0.39 is 5.54 Å². The van der Waals surface area contributed by atoms with E-state index in [1.54, 1.807) is 0 Å². The first-order valence-electron chi connectivity index (χ1n) is 8.72. The van der Waals surface area contributed by atoms with Crippen LogP contribution in [0.4, 0.5) is 0 Å². The molecule has 1 rings (SSSR count). The third-order valence-corrected chi connectivity index (χ3v) is 4.61.